The zero-order valence-corrected chi connectivity index (χ0v) is 23.7. The van der Waals surface area contributed by atoms with Gasteiger partial charge in [0.15, 0.2) is 5.69 Å². The summed E-state index contributed by atoms with van der Waals surface area (Å²) in [4.78, 5) is 15.8. The highest BCUT2D eigenvalue weighted by Crippen LogP contribution is 2.48. The molecular formula is C24H26Cl5N5O2. The first-order valence-electron chi connectivity index (χ1n) is 11.0. The number of piperazine rings is 1. The van der Waals surface area contributed by atoms with Crippen LogP contribution in [0.4, 0.5) is 0 Å². The number of fused-ring (bicyclic) bond motifs is 3. The lowest BCUT2D eigenvalue weighted by Crippen LogP contribution is -2.52. The number of nitrogens with zero attached hydrogens (tertiary/aromatic N) is 4. The zero-order chi connectivity index (χ0) is 24.2. The second-order valence-corrected chi connectivity index (χ2v) is 10.3. The Labute approximate surface area is 237 Å². The molecule has 1 saturated heterocycles. The first kappa shape index (κ1) is 28.9. The number of carbonyl (C=O) groups excluding carboxylic acids is 1. The second kappa shape index (κ2) is 11.0. The van der Waals surface area contributed by atoms with Crippen molar-refractivity contribution in [1.82, 2.24) is 25.1 Å². The number of hydrogen-bond donors (Lipinski definition) is 1. The summed E-state index contributed by atoms with van der Waals surface area (Å²) in [6, 6.07) is 10.6. The summed E-state index contributed by atoms with van der Waals surface area (Å²) >= 11 is 19.0. The van der Waals surface area contributed by atoms with Gasteiger partial charge in [0.25, 0.3) is 5.91 Å². The Bertz CT molecular complexity index is 1290. The molecule has 5 rings (SSSR count). The number of likely N-dealkylation sites (N-methyl/N-ethyl adjacent to an activating group) is 1. The van der Waals surface area contributed by atoms with Gasteiger partial charge in [-0.05, 0) is 57.3 Å². The van der Waals surface area contributed by atoms with Gasteiger partial charge >= 0.3 is 0 Å². The first-order valence-corrected chi connectivity index (χ1v) is 12.1. The average molecular weight is 594 g/mol. The molecule has 7 nitrogen and oxygen atoms in total. The third kappa shape index (κ3) is 5.29. The lowest BCUT2D eigenvalue weighted by molar-refractivity contribution is 0.0640. The molecular weight excluding hydrogens is 568 g/mol. The minimum absolute atomic E-state index is 0. The molecule has 0 saturated carbocycles. The molecule has 1 amide bonds. The van der Waals surface area contributed by atoms with Gasteiger partial charge in [0.2, 0.25) is 0 Å². The molecule has 0 unspecified atom stereocenters. The maximum atomic E-state index is 13.5. The van der Waals surface area contributed by atoms with E-state index in [0.717, 1.165) is 37.4 Å². The van der Waals surface area contributed by atoms with E-state index in [2.05, 4.69) is 17.4 Å². The topological polar surface area (TPSA) is 62.6 Å². The molecule has 1 fully saturated rings. The SMILES string of the molecule is CN1CCN(NC(=O)c2nn(-c3ccc(Cl)cc3Cl)c3c2C(C)(C)Oc2cc(Cl)ccc2-3)CC1.Cl.Cl. The molecule has 12 heteroatoms. The first-order chi connectivity index (χ1) is 16.1. The van der Waals surface area contributed by atoms with Gasteiger partial charge in [0.1, 0.15) is 11.4 Å². The van der Waals surface area contributed by atoms with Crippen LogP contribution in [0.1, 0.15) is 29.9 Å². The Morgan fingerprint density at radius 2 is 1.64 bits per heavy atom. The van der Waals surface area contributed by atoms with Crippen molar-refractivity contribution in [1.29, 1.82) is 0 Å². The Kier molecular flexibility index (Phi) is 8.78. The largest absolute Gasteiger partial charge is 0.482 e. The molecule has 36 heavy (non-hydrogen) atoms. The molecule has 1 aromatic heterocycles. The van der Waals surface area contributed by atoms with Crippen LogP contribution in [0.3, 0.4) is 0 Å². The number of nitrogens with one attached hydrogen (secondary N) is 1. The molecule has 0 radical (unpaired) electrons. The Morgan fingerprint density at radius 3 is 2.31 bits per heavy atom. The van der Waals surface area contributed by atoms with Crippen LogP contribution in [0.25, 0.3) is 16.9 Å². The molecule has 3 heterocycles. The Morgan fingerprint density at radius 1 is 1.00 bits per heavy atom. The smallest absolute Gasteiger partial charge is 0.286 e. The number of rotatable bonds is 3. The number of benzene rings is 2. The summed E-state index contributed by atoms with van der Waals surface area (Å²) in [5.74, 6) is 0.320. The molecule has 2 aromatic carbocycles. The average Bonchev–Trinajstić information content (AvgIpc) is 3.17. The molecule has 0 atom stereocenters. The summed E-state index contributed by atoms with van der Waals surface area (Å²) in [7, 11) is 2.07. The van der Waals surface area contributed by atoms with Crippen LogP contribution in [0, 0.1) is 0 Å². The number of aromatic nitrogens is 2. The summed E-state index contributed by atoms with van der Waals surface area (Å²) in [5, 5.41) is 8.19. The molecule has 194 valence electrons. The lowest BCUT2D eigenvalue weighted by atomic mass is 9.89. The molecule has 0 bridgehead atoms. The van der Waals surface area contributed by atoms with E-state index in [1.165, 1.54) is 0 Å². The van der Waals surface area contributed by atoms with E-state index in [4.69, 9.17) is 44.6 Å². The van der Waals surface area contributed by atoms with E-state index in [1.807, 2.05) is 24.9 Å². The number of amides is 1. The fraction of sp³-hybridized carbons (Fsp3) is 0.333. The number of ether oxygens (including phenoxy) is 1. The summed E-state index contributed by atoms with van der Waals surface area (Å²) in [5.41, 5.74) is 5.26. The molecule has 2 aliphatic heterocycles. The van der Waals surface area contributed by atoms with E-state index in [-0.39, 0.29) is 36.4 Å². The maximum Gasteiger partial charge on any atom is 0.286 e. The molecule has 0 spiro atoms. The van der Waals surface area contributed by atoms with Gasteiger partial charge in [-0.1, -0.05) is 34.8 Å². The third-order valence-electron chi connectivity index (χ3n) is 6.17. The van der Waals surface area contributed by atoms with Crippen LogP contribution in [-0.4, -0.2) is 58.8 Å². The minimum atomic E-state index is -0.848. The van der Waals surface area contributed by atoms with Gasteiger partial charge in [-0.15, -0.1) is 24.8 Å². The maximum absolute atomic E-state index is 13.5. The van der Waals surface area contributed by atoms with E-state index in [1.54, 1.807) is 35.0 Å². The van der Waals surface area contributed by atoms with Crippen LogP contribution in [0.5, 0.6) is 5.75 Å². The van der Waals surface area contributed by atoms with Crippen LogP contribution >= 0.6 is 59.6 Å². The third-order valence-corrected chi connectivity index (χ3v) is 6.94. The summed E-state index contributed by atoms with van der Waals surface area (Å²) in [6.45, 7) is 7.03. The van der Waals surface area contributed by atoms with Gasteiger partial charge < -0.3 is 9.64 Å². The van der Waals surface area contributed by atoms with Crippen LogP contribution in [-0.2, 0) is 5.60 Å². The van der Waals surface area contributed by atoms with Crippen molar-refractivity contribution in [3.63, 3.8) is 0 Å². The quantitative estimate of drug-likeness (QED) is 0.412. The van der Waals surface area contributed by atoms with Crippen molar-refractivity contribution in [3.05, 3.63) is 62.7 Å². The minimum Gasteiger partial charge on any atom is -0.482 e. The van der Waals surface area contributed by atoms with E-state index < -0.39 is 5.60 Å². The number of hydrogen-bond acceptors (Lipinski definition) is 5. The molecule has 0 aliphatic carbocycles. The molecule has 3 aromatic rings. The second-order valence-electron chi connectivity index (χ2n) is 9.06. The number of carbonyl (C=O) groups is 1. The Balaban J connectivity index is 0.00000180. The fourth-order valence-electron chi connectivity index (χ4n) is 4.44. The normalized spacial score (nSPS) is 16.6. The monoisotopic (exact) mass is 591 g/mol. The predicted molar refractivity (Wildman–Crippen MR) is 149 cm³/mol. The van der Waals surface area contributed by atoms with Crippen LogP contribution in [0.2, 0.25) is 15.1 Å². The van der Waals surface area contributed by atoms with Gasteiger partial charge in [-0.2, -0.15) is 5.10 Å². The van der Waals surface area contributed by atoms with Gasteiger partial charge in [-0.3, -0.25) is 10.2 Å². The van der Waals surface area contributed by atoms with E-state index in [0.29, 0.717) is 32.1 Å². The van der Waals surface area contributed by atoms with Crippen molar-refractivity contribution in [2.75, 3.05) is 33.2 Å². The summed E-state index contributed by atoms with van der Waals surface area (Å²) < 4.78 is 8.03. The predicted octanol–water partition coefficient (Wildman–Crippen LogP) is 5.86. The number of halogens is 5. The highest BCUT2D eigenvalue weighted by molar-refractivity contribution is 6.35. The zero-order valence-electron chi connectivity index (χ0n) is 19.8. The van der Waals surface area contributed by atoms with E-state index >= 15 is 0 Å². The standard InChI is InChI=1S/C24H24Cl3N5O2.2ClH/c1-24(2)20-21(23(33)29-31-10-8-30(3)9-11-31)28-32(18-7-5-14(25)12-17(18)27)22(20)16-6-4-15(26)13-19(16)34-24;;/h4-7,12-13H,8-11H2,1-3H3,(H,29,33);2*1H. The van der Waals surface area contributed by atoms with Crippen molar-refractivity contribution in [2.45, 2.75) is 19.4 Å². The number of hydrazine groups is 1. The van der Waals surface area contributed by atoms with E-state index in [9.17, 15) is 4.79 Å². The van der Waals surface area contributed by atoms with Gasteiger partial charge in [0.05, 0.1) is 22.0 Å². The van der Waals surface area contributed by atoms with Crippen LogP contribution < -0.4 is 10.2 Å². The molecule has 2 aliphatic rings. The highest BCUT2D eigenvalue weighted by Gasteiger charge is 2.41. The highest BCUT2D eigenvalue weighted by atomic mass is 35.5. The summed E-state index contributed by atoms with van der Waals surface area (Å²) in [6.07, 6.45) is 0. The van der Waals surface area contributed by atoms with Crippen LogP contribution in [0.15, 0.2) is 36.4 Å². The van der Waals surface area contributed by atoms with Gasteiger partial charge in [-0.25, -0.2) is 9.69 Å². The van der Waals surface area contributed by atoms with Crippen molar-refractivity contribution in [2.24, 2.45) is 0 Å². The fourth-order valence-corrected chi connectivity index (χ4v) is 5.09. The lowest BCUT2D eigenvalue weighted by Gasteiger charge is -2.34. The van der Waals surface area contributed by atoms with Crippen molar-refractivity contribution in [3.8, 4) is 22.7 Å². The van der Waals surface area contributed by atoms with Crippen molar-refractivity contribution < 1.29 is 9.53 Å². The van der Waals surface area contributed by atoms with Crippen molar-refractivity contribution >= 4 is 65.5 Å². The van der Waals surface area contributed by atoms with Gasteiger partial charge in [0, 0.05) is 41.8 Å². The molecule has 1 N–H and O–H groups in total. The Hall–Kier alpha value is -1.71.